The molecule has 5 nitrogen and oxygen atoms in total. The number of aromatic nitrogens is 5. The SMILES string of the molecule is CC1(C)c2ccc3c(c2-c2cccnc21)c1ccccc1n3-c1ccc(-c2nc(-c3ccccc3)nc(-c3ccccc3)n2)cc1. The molecule has 3 heterocycles. The van der Waals surface area contributed by atoms with Gasteiger partial charge in [0, 0.05) is 50.3 Å². The van der Waals surface area contributed by atoms with Crippen LogP contribution in [0.4, 0.5) is 0 Å². The fourth-order valence-electron chi connectivity index (χ4n) is 7.07. The van der Waals surface area contributed by atoms with Gasteiger partial charge in [0.2, 0.25) is 0 Å². The van der Waals surface area contributed by atoms with Crippen LogP contribution in [-0.4, -0.2) is 24.5 Å². The zero-order valence-corrected chi connectivity index (χ0v) is 25.5. The van der Waals surface area contributed by atoms with E-state index in [1.165, 1.54) is 38.5 Å². The Morgan fingerprint density at radius 2 is 1.11 bits per heavy atom. The van der Waals surface area contributed by atoms with Crippen molar-refractivity contribution in [3.8, 4) is 51.0 Å². The largest absolute Gasteiger partial charge is 0.309 e. The summed E-state index contributed by atoms with van der Waals surface area (Å²) in [4.78, 5) is 19.6. The molecule has 0 saturated heterocycles. The van der Waals surface area contributed by atoms with Crippen molar-refractivity contribution >= 4 is 21.8 Å². The van der Waals surface area contributed by atoms with Gasteiger partial charge in [-0.1, -0.05) is 105 Å². The van der Waals surface area contributed by atoms with Crippen molar-refractivity contribution in [3.63, 3.8) is 0 Å². The van der Waals surface area contributed by atoms with Crippen molar-refractivity contribution in [2.24, 2.45) is 0 Å². The monoisotopic (exact) mass is 591 g/mol. The summed E-state index contributed by atoms with van der Waals surface area (Å²) in [7, 11) is 0. The molecule has 1 aliphatic carbocycles. The van der Waals surface area contributed by atoms with Gasteiger partial charge in [0.1, 0.15) is 0 Å². The van der Waals surface area contributed by atoms with Crippen molar-refractivity contribution in [3.05, 3.63) is 151 Å². The lowest BCUT2D eigenvalue weighted by molar-refractivity contribution is 0.637. The third-order valence-electron chi connectivity index (χ3n) is 9.26. The molecule has 46 heavy (non-hydrogen) atoms. The number of benzene rings is 5. The molecular formula is C41H29N5. The van der Waals surface area contributed by atoms with Crippen molar-refractivity contribution in [1.29, 1.82) is 0 Å². The van der Waals surface area contributed by atoms with Crippen LogP contribution < -0.4 is 0 Å². The van der Waals surface area contributed by atoms with E-state index in [0.29, 0.717) is 17.5 Å². The molecule has 0 amide bonds. The van der Waals surface area contributed by atoms with Crippen LogP contribution in [0.5, 0.6) is 0 Å². The summed E-state index contributed by atoms with van der Waals surface area (Å²) >= 11 is 0. The van der Waals surface area contributed by atoms with Gasteiger partial charge in [0.15, 0.2) is 17.5 Å². The fraction of sp³-hybridized carbons (Fsp3) is 0.0732. The van der Waals surface area contributed by atoms with Gasteiger partial charge >= 0.3 is 0 Å². The lowest BCUT2D eigenvalue weighted by Gasteiger charge is -2.20. The smallest absolute Gasteiger partial charge is 0.164 e. The third kappa shape index (κ3) is 3.95. The van der Waals surface area contributed by atoms with Gasteiger partial charge in [0.25, 0.3) is 0 Å². The second-order valence-electron chi connectivity index (χ2n) is 12.3. The molecule has 0 saturated carbocycles. The first-order chi connectivity index (χ1) is 22.6. The topological polar surface area (TPSA) is 56.5 Å². The fourth-order valence-corrected chi connectivity index (χ4v) is 7.07. The molecule has 5 aromatic carbocycles. The quantitative estimate of drug-likeness (QED) is 0.204. The first kappa shape index (κ1) is 26.5. The molecule has 9 rings (SSSR count). The van der Waals surface area contributed by atoms with Gasteiger partial charge in [-0.2, -0.15) is 0 Å². The molecule has 0 atom stereocenters. The van der Waals surface area contributed by atoms with E-state index in [4.69, 9.17) is 19.9 Å². The molecule has 1 aliphatic rings. The molecule has 0 bridgehead atoms. The van der Waals surface area contributed by atoms with Crippen LogP contribution in [0.2, 0.25) is 0 Å². The Hall–Kier alpha value is -5.94. The van der Waals surface area contributed by atoms with E-state index in [0.717, 1.165) is 28.1 Å². The molecule has 8 aromatic rings. The Labute approximate surface area is 266 Å². The number of rotatable bonds is 4. The summed E-state index contributed by atoms with van der Waals surface area (Å²) in [5, 5.41) is 2.51. The van der Waals surface area contributed by atoms with Crippen LogP contribution in [0.15, 0.2) is 140 Å². The molecule has 0 fully saturated rings. The number of para-hydroxylation sites is 1. The normalized spacial score (nSPS) is 13.2. The Morgan fingerprint density at radius 1 is 0.522 bits per heavy atom. The molecule has 3 aromatic heterocycles. The Morgan fingerprint density at radius 3 is 1.76 bits per heavy atom. The summed E-state index contributed by atoms with van der Waals surface area (Å²) < 4.78 is 2.37. The highest BCUT2D eigenvalue weighted by Gasteiger charge is 2.38. The second kappa shape index (κ2) is 10.0. The van der Waals surface area contributed by atoms with Gasteiger partial charge in [-0.05, 0) is 53.6 Å². The second-order valence-corrected chi connectivity index (χ2v) is 12.3. The lowest BCUT2D eigenvalue weighted by Crippen LogP contribution is -2.16. The molecule has 0 N–H and O–H groups in total. The molecule has 0 aliphatic heterocycles. The number of nitrogens with zero attached hydrogens (tertiary/aromatic N) is 5. The van der Waals surface area contributed by atoms with Gasteiger partial charge in [-0.3, -0.25) is 4.98 Å². The molecular weight excluding hydrogens is 562 g/mol. The number of pyridine rings is 1. The van der Waals surface area contributed by atoms with E-state index in [9.17, 15) is 0 Å². The maximum Gasteiger partial charge on any atom is 0.164 e. The van der Waals surface area contributed by atoms with E-state index >= 15 is 0 Å². The summed E-state index contributed by atoms with van der Waals surface area (Å²) in [5.41, 5.74) is 11.1. The number of fused-ring (bicyclic) bond motifs is 7. The van der Waals surface area contributed by atoms with Gasteiger partial charge < -0.3 is 4.57 Å². The minimum atomic E-state index is -0.160. The molecule has 0 spiro atoms. The standard InChI is InChI=1S/C41H29N5/c1-41(2)32-23-24-34-36(35(32)31-17-11-25-42-37(31)41)30-16-9-10-18-33(30)46(34)29-21-19-28(20-22-29)40-44-38(26-12-5-3-6-13-26)43-39(45-40)27-14-7-4-8-15-27/h3-25H,1-2H3. The summed E-state index contributed by atoms with van der Waals surface area (Å²) in [6, 6.07) is 46.3. The van der Waals surface area contributed by atoms with Crippen LogP contribution in [0, 0.1) is 0 Å². The van der Waals surface area contributed by atoms with Crippen LogP contribution in [0.25, 0.3) is 72.8 Å². The molecule has 0 radical (unpaired) electrons. The highest BCUT2D eigenvalue weighted by Crippen LogP contribution is 2.52. The van der Waals surface area contributed by atoms with Crippen molar-refractivity contribution in [1.82, 2.24) is 24.5 Å². The Balaban J connectivity index is 1.21. The first-order valence-corrected chi connectivity index (χ1v) is 15.6. The third-order valence-corrected chi connectivity index (χ3v) is 9.26. The highest BCUT2D eigenvalue weighted by molar-refractivity contribution is 6.17. The van der Waals surface area contributed by atoms with Crippen LogP contribution in [0.3, 0.4) is 0 Å². The highest BCUT2D eigenvalue weighted by atomic mass is 15.0. The van der Waals surface area contributed by atoms with Crippen molar-refractivity contribution in [2.45, 2.75) is 19.3 Å². The van der Waals surface area contributed by atoms with Gasteiger partial charge in [0.05, 0.1) is 16.7 Å². The zero-order valence-electron chi connectivity index (χ0n) is 25.5. The summed E-state index contributed by atoms with van der Waals surface area (Å²) in [6.45, 7) is 4.56. The zero-order chi connectivity index (χ0) is 30.8. The predicted molar refractivity (Wildman–Crippen MR) is 186 cm³/mol. The Bertz CT molecular complexity index is 2370. The Kier molecular flexibility index (Phi) is 5.78. The van der Waals surface area contributed by atoms with E-state index < -0.39 is 0 Å². The van der Waals surface area contributed by atoms with Crippen LogP contribution in [-0.2, 0) is 5.41 Å². The maximum atomic E-state index is 4.93. The van der Waals surface area contributed by atoms with Gasteiger partial charge in [-0.25, -0.2) is 15.0 Å². The molecule has 218 valence electrons. The van der Waals surface area contributed by atoms with Crippen LogP contribution in [0.1, 0.15) is 25.1 Å². The van der Waals surface area contributed by atoms with Crippen molar-refractivity contribution in [2.75, 3.05) is 0 Å². The first-order valence-electron chi connectivity index (χ1n) is 15.6. The average Bonchev–Trinajstić information content (AvgIpc) is 3.58. The van der Waals surface area contributed by atoms with Gasteiger partial charge in [-0.15, -0.1) is 0 Å². The lowest BCUT2D eigenvalue weighted by atomic mass is 9.85. The van der Waals surface area contributed by atoms with E-state index in [-0.39, 0.29) is 5.41 Å². The average molecular weight is 592 g/mol. The molecule has 0 unspecified atom stereocenters. The summed E-state index contributed by atoms with van der Waals surface area (Å²) in [6.07, 6.45) is 1.91. The minimum Gasteiger partial charge on any atom is -0.309 e. The summed E-state index contributed by atoms with van der Waals surface area (Å²) in [5.74, 6) is 1.95. The van der Waals surface area contributed by atoms with Crippen molar-refractivity contribution < 1.29 is 0 Å². The van der Waals surface area contributed by atoms with E-state index in [1.54, 1.807) is 0 Å². The van der Waals surface area contributed by atoms with Crippen LogP contribution >= 0.6 is 0 Å². The molecule has 5 heteroatoms. The maximum absolute atomic E-state index is 4.93. The van der Waals surface area contributed by atoms with E-state index in [1.807, 2.05) is 72.9 Å². The van der Waals surface area contributed by atoms with E-state index in [2.05, 4.69) is 85.1 Å². The minimum absolute atomic E-state index is 0.160. The predicted octanol–water partition coefficient (Wildman–Crippen LogP) is 9.67. The number of hydrogen-bond acceptors (Lipinski definition) is 4. The number of hydrogen-bond donors (Lipinski definition) is 0.